The summed E-state index contributed by atoms with van der Waals surface area (Å²) in [7, 11) is 0. The Morgan fingerprint density at radius 3 is 2.87 bits per heavy atom. The topological polar surface area (TPSA) is 45.4 Å². The van der Waals surface area contributed by atoms with Crippen molar-refractivity contribution in [3.63, 3.8) is 0 Å². The summed E-state index contributed by atoms with van der Waals surface area (Å²) in [5, 5.41) is 12.5. The molecule has 0 amide bonds. The van der Waals surface area contributed by atoms with Crippen LogP contribution >= 0.6 is 0 Å². The highest BCUT2D eigenvalue weighted by molar-refractivity contribution is 5.53. The van der Waals surface area contributed by atoms with Crippen molar-refractivity contribution >= 4 is 5.69 Å². The Bertz CT molecular complexity index is 435. The first-order valence-corrected chi connectivity index (χ1v) is 4.80. The second-order valence-electron chi connectivity index (χ2n) is 3.48. The molecule has 0 bridgehead atoms. The number of phenolic OH excluding ortho intramolecular Hbond substituents is 1. The van der Waals surface area contributed by atoms with E-state index in [9.17, 15) is 5.11 Å². The van der Waals surface area contributed by atoms with Crippen LogP contribution in [0.25, 0.3) is 0 Å². The van der Waals surface area contributed by atoms with E-state index in [1.165, 1.54) is 0 Å². The summed E-state index contributed by atoms with van der Waals surface area (Å²) in [6, 6.07) is 7.19. The lowest BCUT2D eigenvalue weighted by Crippen LogP contribution is -1.99. The minimum atomic E-state index is 0.293. The van der Waals surface area contributed by atoms with Crippen LogP contribution in [-0.2, 0) is 6.54 Å². The molecule has 0 radical (unpaired) electrons. The molecular weight excluding hydrogens is 190 g/mol. The third kappa shape index (κ3) is 2.31. The molecule has 2 N–H and O–H groups in total. The Labute approximate surface area is 88.4 Å². The average molecular weight is 203 g/mol. The number of rotatable bonds is 3. The normalized spacial score (nSPS) is 10.2. The zero-order valence-corrected chi connectivity index (χ0v) is 8.53. The Kier molecular flexibility index (Phi) is 2.63. The summed E-state index contributed by atoms with van der Waals surface area (Å²) in [6.07, 6.45) is 3.36. The van der Waals surface area contributed by atoms with Gasteiger partial charge in [-0.3, -0.25) is 0 Å². The summed E-state index contributed by atoms with van der Waals surface area (Å²) in [5.41, 5.74) is 3.15. The van der Waals surface area contributed by atoms with Crippen LogP contribution in [0.1, 0.15) is 11.1 Å². The van der Waals surface area contributed by atoms with Crippen molar-refractivity contribution in [1.29, 1.82) is 0 Å². The Balaban J connectivity index is 2.05. The lowest BCUT2D eigenvalue weighted by Gasteiger charge is -2.08. The van der Waals surface area contributed by atoms with Crippen molar-refractivity contribution in [2.75, 3.05) is 5.32 Å². The van der Waals surface area contributed by atoms with Crippen LogP contribution in [0.2, 0.25) is 0 Å². The van der Waals surface area contributed by atoms with Gasteiger partial charge < -0.3 is 14.8 Å². The standard InChI is InChI=1S/C12H13NO2/c1-9-6-11(14)2-3-12(9)13-7-10-4-5-15-8-10/h2-6,8,13-14H,7H2,1H3. The molecule has 0 atom stereocenters. The molecule has 78 valence electrons. The highest BCUT2D eigenvalue weighted by atomic mass is 16.3. The zero-order chi connectivity index (χ0) is 10.7. The van der Waals surface area contributed by atoms with Crippen molar-refractivity contribution < 1.29 is 9.52 Å². The highest BCUT2D eigenvalue weighted by Gasteiger charge is 1.99. The first-order valence-electron chi connectivity index (χ1n) is 4.80. The van der Waals surface area contributed by atoms with Crippen LogP contribution in [0.3, 0.4) is 0 Å². The number of aryl methyl sites for hydroxylation is 1. The van der Waals surface area contributed by atoms with Gasteiger partial charge in [-0.25, -0.2) is 0 Å². The number of aromatic hydroxyl groups is 1. The molecular formula is C12H13NO2. The summed E-state index contributed by atoms with van der Waals surface area (Å²) >= 11 is 0. The fraction of sp³-hybridized carbons (Fsp3) is 0.167. The van der Waals surface area contributed by atoms with Crippen molar-refractivity contribution in [1.82, 2.24) is 0 Å². The van der Waals surface area contributed by atoms with Gasteiger partial charge in [-0.1, -0.05) is 0 Å². The van der Waals surface area contributed by atoms with E-state index in [2.05, 4.69) is 5.32 Å². The SMILES string of the molecule is Cc1cc(O)ccc1NCc1ccoc1. The molecule has 0 spiro atoms. The van der Waals surface area contributed by atoms with Crippen molar-refractivity contribution in [2.24, 2.45) is 0 Å². The first-order chi connectivity index (χ1) is 7.25. The first kappa shape index (κ1) is 9.65. The largest absolute Gasteiger partial charge is 0.508 e. The van der Waals surface area contributed by atoms with Crippen LogP contribution in [0, 0.1) is 6.92 Å². The lowest BCUT2D eigenvalue weighted by atomic mass is 10.2. The van der Waals surface area contributed by atoms with Crippen molar-refractivity contribution in [3.8, 4) is 5.75 Å². The Morgan fingerprint density at radius 1 is 1.33 bits per heavy atom. The third-order valence-corrected chi connectivity index (χ3v) is 2.27. The van der Waals surface area contributed by atoms with Gasteiger partial charge in [0.15, 0.2) is 0 Å². The predicted octanol–water partition coefficient (Wildman–Crippen LogP) is 2.91. The molecule has 15 heavy (non-hydrogen) atoms. The van der Waals surface area contributed by atoms with Crippen LogP contribution in [0.5, 0.6) is 5.75 Å². The molecule has 0 saturated heterocycles. The molecule has 0 aliphatic rings. The molecule has 3 nitrogen and oxygen atoms in total. The van der Waals surface area contributed by atoms with Gasteiger partial charge in [-0.15, -0.1) is 0 Å². The van der Waals surface area contributed by atoms with E-state index in [4.69, 9.17) is 4.42 Å². The van der Waals surface area contributed by atoms with Gasteiger partial charge >= 0.3 is 0 Å². The second kappa shape index (κ2) is 4.09. The van der Waals surface area contributed by atoms with E-state index in [0.29, 0.717) is 5.75 Å². The van der Waals surface area contributed by atoms with Gasteiger partial charge in [0.05, 0.1) is 12.5 Å². The molecule has 1 aromatic heterocycles. The van der Waals surface area contributed by atoms with Crippen molar-refractivity contribution in [2.45, 2.75) is 13.5 Å². The summed E-state index contributed by atoms with van der Waals surface area (Å²) in [4.78, 5) is 0. The maximum Gasteiger partial charge on any atom is 0.115 e. The summed E-state index contributed by atoms with van der Waals surface area (Å²) < 4.78 is 4.97. The Morgan fingerprint density at radius 2 is 2.20 bits per heavy atom. The van der Waals surface area contributed by atoms with Gasteiger partial charge in [-0.05, 0) is 36.8 Å². The van der Waals surface area contributed by atoms with E-state index in [1.807, 2.05) is 19.1 Å². The predicted molar refractivity (Wildman–Crippen MR) is 58.9 cm³/mol. The number of phenols is 1. The Hall–Kier alpha value is -1.90. The van der Waals surface area contributed by atoms with Crippen LogP contribution < -0.4 is 5.32 Å². The minimum Gasteiger partial charge on any atom is -0.508 e. The van der Waals surface area contributed by atoms with E-state index >= 15 is 0 Å². The minimum absolute atomic E-state index is 0.293. The fourth-order valence-corrected chi connectivity index (χ4v) is 1.44. The van der Waals surface area contributed by atoms with Gasteiger partial charge in [0.1, 0.15) is 5.75 Å². The quantitative estimate of drug-likeness (QED) is 0.754. The maximum atomic E-state index is 9.25. The fourth-order valence-electron chi connectivity index (χ4n) is 1.44. The van der Waals surface area contributed by atoms with E-state index in [0.717, 1.165) is 23.4 Å². The molecule has 0 saturated carbocycles. The lowest BCUT2D eigenvalue weighted by molar-refractivity contribution is 0.475. The maximum absolute atomic E-state index is 9.25. The molecule has 1 heterocycles. The van der Waals surface area contributed by atoms with Crippen molar-refractivity contribution in [3.05, 3.63) is 47.9 Å². The molecule has 2 aromatic rings. The van der Waals surface area contributed by atoms with E-state index < -0.39 is 0 Å². The summed E-state index contributed by atoms with van der Waals surface area (Å²) in [5.74, 6) is 0.293. The van der Waals surface area contributed by atoms with Crippen LogP contribution in [-0.4, -0.2) is 5.11 Å². The molecule has 0 aliphatic carbocycles. The third-order valence-electron chi connectivity index (χ3n) is 2.27. The molecule has 3 heteroatoms. The molecule has 0 aliphatic heterocycles. The summed E-state index contributed by atoms with van der Waals surface area (Å²) in [6.45, 7) is 2.68. The number of nitrogens with one attached hydrogen (secondary N) is 1. The second-order valence-corrected chi connectivity index (χ2v) is 3.48. The molecule has 0 unspecified atom stereocenters. The van der Waals surface area contributed by atoms with Crippen LogP contribution in [0.15, 0.2) is 41.2 Å². The number of hydrogen-bond acceptors (Lipinski definition) is 3. The number of benzene rings is 1. The molecule has 0 fully saturated rings. The van der Waals surface area contributed by atoms with E-state index in [1.54, 1.807) is 24.7 Å². The smallest absolute Gasteiger partial charge is 0.115 e. The van der Waals surface area contributed by atoms with E-state index in [-0.39, 0.29) is 0 Å². The average Bonchev–Trinajstić information content (AvgIpc) is 2.69. The monoisotopic (exact) mass is 203 g/mol. The number of anilines is 1. The number of hydrogen-bond donors (Lipinski definition) is 2. The molecule has 1 aromatic carbocycles. The van der Waals surface area contributed by atoms with Gasteiger partial charge in [0.2, 0.25) is 0 Å². The van der Waals surface area contributed by atoms with Gasteiger partial charge in [-0.2, -0.15) is 0 Å². The number of furan rings is 1. The van der Waals surface area contributed by atoms with Gasteiger partial charge in [0.25, 0.3) is 0 Å². The molecule has 2 rings (SSSR count). The highest BCUT2D eigenvalue weighted by Crippen LogP contribution is 2.20. The zero-order valence-electron chi connectivity index (χ0n) is 8.53. The van der Waals surface area contributed by atoms with Gasteiger partial charge in [0, 0.05) is 17.8 Å². The van der Waals surface area contributed by atoms with Crippen LogP contribution in [0.4, 0.5) is 5.69 Å².